The highest BCUT2D eigenvalue weighted by Gasteiger charge is 1.91. The van der Waals surface area contributed by atoms with Crippen LogP contribution in [0.5, 0.6) is 0 Å². The van der Waals surface area contributed by atoms with Gasteiger partial charge in [-0.25, -0.2) is 0 Å². The molecular formula is C20H41N. The Balaban J connectivity index is 3.02. The maximum absolute atomic E-state index is 5.49. The second-order valence-corrected chi connectivity index (χ2v) is 6.43. The molecule has 0 aliphatic carbocycles. The largest absolute Gasteiger partial charge is 0.330 e. The number of allylic oxidation sites excluding steroid dienone is 2. The number of unbranched alkanes of at least 4 members (excludes halogenated alkanes) is 14. The van der Waals surface area contributed by atoms with Crippen molar-refractivity contribution in [1.82, 2.24) is 0 Å². The molecule has 0 bridgehead atoms. The minimum atomic E-state index is 0.863. The normalized spacial score (nSPS) is 11.5. The molecule has 21 heavy (non-hydrogen) atoms. The smallest absolute Gasteiger partial charge is 0.00773 e. The van der Waals surface area contributed by atoms with Crippen molar-refractivity contribution < 1.29 is 0 Å². The van der Waals surface area contributed by atoms with Crippen molar-refractivity contribution in [3.63, 3.8) is 0 Å². The Bertz CT molecular complexity index is 198. The van der Waals surface area contributed by atoms with Crippen LogP contribution in [0.4, 0.5) is 0 Å². The molecule has 0 aliphatic heterocycles. The van der Waals surface area contributed by atoms with Crippen LogP contribution in [-0.4, -0.2) is 6.54 Å². The van der Waals surface area contributed by atoms with Gasteiger partial charge in [-0.15, -0.1) is 0 Å². The van der Waals surface area contributed by atoms with E-state index in [0.717, 1.165) is 6.54 Å². The molecule has 2 N–H and O–H groups in total. The predicted molar refractivity (Wildman–Crippen MR) is 97.7 cm³/mol. The van der Waals surface area contributed by atoms with Crippen molar-refractivity contribution in [2.75, 3.05) is 6.54 Å². The van der Waals surface area contributed by atoms with Gasteiger partial charge in [0.1, 0.15) is 0 Å². The van der Waals surface area contributed by atoms with Gasteiger partial charge < -0.3 is 5.73 Å². The molecule has 0 amide bonds. The lowest BCUT2D eigenvalue weighted by molar-refractivity contribution is 0.577. The zero-order chi connectivity index (χ0) is 15.4. The van der Waals surface area contributed by atoms with Gasteiger partial charge in [0.25, 0.3) is 0 Å². The van der Waals surface area contributed by atoms with E-state index >= 15 is 0 Å². The van der Waals surface area contributed by atoms with Gasteiger partial charge in [0.2, 0.25) is 0 Å². The van der Waals surface area contributed by atoms with Gasteiger partial charge in [-0.3, -0.25) is 0 Å². The Hall–Kier alpha value is -0.300. The summed E-state index contributed by atoms with van der Waals surface area (Å²) in [5, 5.41) is 0. The van der Waals surface area contributed by atoms with Crippen LogP contribution >= 0.6 is 0 Å². The average molecular weight is 296 g/mol. The molecule has 1 nitrogen and oxygen atoms in total. The van der Waals surface area contributed by atoms with E-state index in [1.165, 1.54) is 103 Å². The van der Waals surface area contributed by atoms with Crippen molar-refractivity contribution in [3.05, 3.63) is 12.2 Å². The third-order valence-electron chi connectivity index (χ3n) is 4.22. The molecule has 0 aliphatic rings. The fraction of sp³-hybridized carbons (Fsp3) is 0.900. The predicted octanol–water partition coefficient (Wildman–Crippen LogP) is 6.76. The standard InChI is InChI=1S/C20H41N/c1-2-3-4-5-6-7-8-9-10-11-12-13-14-15-16-17-18-19-20-21/h11-12H,2-10,13-21H2,1H3/b12-11-. The molecule has 0 atom stereocenters. The van der Waals surface area contributed by atoms with E-state index in [1.807, 2.05) is 0 Å². The molecule has 0 aromatic heterocycles. The van der Waals surface area contributed by atoms with Gasteiger partial charge in [-0.2, -0.15) is 0 Å². The van der Waals surface area contributed by atoms with E-state index in [1.54, 1.807) is 0 Å². The summed E-state index contributed by atoms with van der Waals surface area (Å²) in [4.78, 5) is 0. The second-order valence-electron chi connectivity index (χ2n) is 6.43. The van der Waals surface area contributed by atoms with Crippen LogP contribution in [0.2, 0.25) is 0 Å². The van der Waals surface area contributed by atoms with E-state index in [4.69, 9.17) is 5.73 Å². The Labute approximate surface area is 134 Å². The van der Waals surface area contributed by atoms with Crippen molar-refractivity contribution >= 4 is 0 Å². The lowest BCUT2D eigenvalue weighted by Gasteiger charge is -2.00. The summed E-state index contributed by atoms with van der Waals surface area (Å²) in [6.07, 6.45) is 26.9. The highest BCUT2D eigenvalue weighted by Crippen LogP contribution is 2.10. The summed E-state index contributed by atoms with van der Waals surface area (Å²) < 4.78 is 0. The van der Waals surface area contributed by atoms with Crippen LogP contribution in [0.25, 0.3) is 0 Å². The van der Waals surface area contributed by atoms with Crippen LogP contribution in [-0.2, 0) is 0 Å². The summed E-state index contributed by atoms with van der Waals surface area (Å²) in [6, 6.07) is 0. The van der Waals surface area contributed by atoms with Crippen molar-refractivity contribution in [3.8, 4) is 0 Å². The summed E-state index contributed by atoms with van der Waals surface area (Å²) in [5.74, 6) is 0. The molecule has 126 valence electrons. The Morgan fingerprint density at radius 3 is 1.33 bits per heavy atom. The van der Waals surface area contributed by atoms with Gasteiger partial charge in [-0.1, -0.05) is 89.7 Å². The van der Waals surface area contributed by atoms with E-state index in [0.29, 0.717) is 0 Å². The first-order valence-corrected chi connectivity index (χ1v) is 9.77. The molecule has 0 aromatic rings. The summed E-state index contributed by atoms with van der Waals surface area (Å²) in [6.45, 7) is 3.15. The molecule has 0 rings (SSSR count). The van der Waals surface area contributed by atoms with Crippen molar-refractivity contribution in [2.45, 2.75) is 110 Å². The molecule has 0 unspecified atom stereocenters. The van der Waals surface area contributed by atoms with E-state index in [-0.39, 0.29) is 0 Å². The Kier molecular flexibility index (Phi) is 19.4. The molecule has 0 radical (unpaired) electrons. The zero-order valence-corrected chi connectivity index (χ0v) is 14.8. The molecule has 0 heterocycles. The number of nitrogens with two attached hydrogens (primary N) is 1. The maximum Gasteiger partial charge on any atom is -0.00773 e. The third-order valence-corrected chi connectivity index (χ3v) is 4.22. The fourth-order valence-electron chi connectivity index (χ4n) is 2.75. The zero-order valence-electron chi connectivity index (χ0n) is 14.8. The molecule has 0 spiro atoms. The highest BCUT2D eigenvalue weighted by atomic mass is 14.5. The summed E-state index contributed by atoms with van der Waals surface area (Å²) in [7, 11) is 0. The van der Waals surface area contributed by atoms with Crippen molar-refractivity contribution in [1.29, 1.82) is 0 Å². The van der Waals surface area contributed by atoms with Crippen LogP contribution in [0.3, 0.4) is 0 Å². The lowest BCUT2D eigenvalue weighted by atomic mass is 10.1. The van der Waals surface area contributed by atoms with Crippen LogP contribution in [0.15, 0.2) is 12.2 Å². The van der Waals surface area contributed by atoms with Gasteiger partial charge in [-0.05, 0) is 38.6 Å². The monoisotopic (exact) mass is 295 g/mol. The average Bonchev–Trinajstić information content (AvgIpc) is 2.50. The number of hydrogen-bond acceptors (Lipinski definition) is 1. The highest BCUT2D eigenvalue weighted by molar-refractivity contribution is 4.81. The SMILES string of the molecule is CCCCCCCCCC/C=C\CCCCCCCCN. The van der Waals surface area contributed by atoms with Crippen molar-refractivity contribution in [2.24, 2.45) is 5.73 Å². The molecule has 0 saturated carbocycles. The summed E-state index contributed by atoms with van der Waals surface area (Å²) in [5.41, 5.74) is 5.49. The molecular weight excluding hydrogens is 254 g/mol. The third kappa shape index (κ3) is 19.7. The molecule has 0 fully saturated rings. The first-order valence-electron chi connectivity index (χ1n) is 9.77. The van der Waals surface area contributed by atoms with E-state index < -0.39 is 0 Å². The molecule has 1 heteroatoms. The first-order chi connectivity index (χ1) is 10.4. The Morgan fingerprint density at radius 1 is 0.524 bits per heavy atom. The number of hydrogen-bond donors (Lipinski definition) is 1. The van der Waals surface area contributed by atoms with Gasteiger partial charge in [0, 0.05) is 0 Å². The quantitative estimate of drug-likeness (QED) is 0.233. The van der Waals surface area contributed by atoms with Crippen LogP contribution < -0.4 is 5.73 Å². The minimum Gasteiger partial charge on any atom is -0.330 e. The molecule has 0 saturated heterocycles. The maximum atomic E-state index is 5.49. The Morgan fingerprint density at radius 2 is 0.905 bits per heavy atom. The van der Waals surface area contributed by atoms with Gasteiger partial charge in [0.15, 0.2) is 0 Å². The van der Waals surface area contributed by atoms with Crippen LogP contribution in [0.1, 0.15) is 110 Å². The van der Waals surface area contributed by atoms with E-state index in [9.17, 15) is 0 Å². The lowest BCUT2D eigenvalue weighted by Crippen LogP contribution is -1.97. The fourth-order valence-corrected chi connectivity index (χ4v) is 2.75. The van der Waals surface area contributed by atoms with Crippen LogP contribution in [0, 0.1) is 0 Å². The molecule has 0 aromatic carbocycles. The van der Waals surface area contributed by atoms with E-state index in [2.05, 4.69) is 19.1 Å². The summed E-state index contributed by atoms with van der Waals surface area (Å²) >= 11 is 0. The first kappa shape index (κ1) is 20.7. The minimum absolute atomic E-state index is 0.863. The number of rotatable bonds is 17. The van der Waals surface area contributed by atoms with Gasteiger partial charge in [0.05, 0.1) is 0 Å². The second kappa shape index (κ2) is 19.7. The van der Waals surface area contributed by atoms with Gasteiger partial charge >= 0.3 is 0 Å². The topological polar surface area (TPSA) is 26.0 Å².